The van der Waals surface area contributed by atoms with Crippen LogP contribution in [0.1, 0.15) is 6.42 Å². The number of hydrogen-bond acceptors (Lipinski definition) is 3. The molecule has 4 nitrogen and oxygen atoms in total. The van der Waals surface area contributed by atoms with Crippen molar-refractivity contribution in [2.75, 3.05) is 26.7 Å². The van der Waals surface area contributed by atoms with E-state index in [-0.39, 0.29) is 30.7 Å². The second-order valence-corrected chi connectivity index (χ2v) is 3.48. The molecule has 1 rings (SSSR count). The molecule has 0 bridgehead atoms. The highest BCUT2D eigenvalue weighted by Crippen LogP contribution is 2.14. The molecule has 0 unspecified atom stereocenters. The Bertz CT molecular complexity index is 364. The van der Waals surface area contributed by atoms with E-state index in [4.69, 9.17) is 4.74 Å². The lowest BCUT2D eigenvalue weighted by molar-refractivity contribution is -0.121. The quantitative estimate of drug-likeness (QED) is 0.739. The van der Waals surface area contributed by atoms with Crippen LogP contribution in [0.5, 0.6) is 5.75 Å². The molecule has 0 atom stereocenters. The highest BCUT2D eigenvalue weighted by atomic mass is 35.5. The number of carbonyl (C=O) groups excluding carboxylic acids is 1. The minimum Gasteiger partial charge on any atom is -0.489 e. The summed E-state index contributed by atoms with van der Waals surface area (Å²) in [5.41, 5.74) is 0. The smallest absolute Gasteiger partial charge is 0.221 e. The van der Waals surface area contributed by atoms with Gasteiger partial charge in [0.2, 0.25) is 5.91 Å². The van der Waals surface area contributed by atoms with E-state index in [1.54, 1.807) is 25.2 Å². The minimum atomic E-state index is -0.394. The lowest BCUT2D eigenvalue weighted by Gasteiger charge is -2.08. The van der Waals surface area contributed by atoms with Crippen LogP contribution in [0.4, 0.5) is 4.39 Å². The number of halogens is 2. The summed E-state index contributed by atoms with van der Waals surface area (Å²) in [5.74, 6) is -0.234. The van der Waals surface area contributed by atoms with Crippen LogP contribution in [-0.4, -0.2) is 32.7 Å². The predicted octanol–water partition coefficient (Wildman–Crippen LogP) is 1.35. The number of amides is 1. The average molecular weight is 277 g/mol. The van der Waals surface area contributed by atoms with Gasteiger partial charge in [-0.25, -0.2) is 4.39 Å². The van der Waals surface area contributed by atoms with E-state index in [1.165, 1.54) is 6.07 Å². The molecule has 18 heavy (non-hydrogen) atoms. The molecule has 0 saturated carbocycles. The molecule has 0 aromatic heterocycles. The third kappa shape index (κ3) is 6.42. The molecule has 1 amide bonds. The third-order valence-corrected chi connectivity index (χ3v) is 2.12. The Hall–Kier alpha value is -1.33. The Labute approximate surface area is 112 Å². The number of rotatable bonds is 7. The van der Waals surface area contributed by atoms with Gasteiger partial charge in [0.05, 0.1) is 6.54 Å². The normalized spacial score (nSPS) is 9.44. The average Bonchev–Trinajstić information content (AvgIpc) is 2.34. The summed E-state index contributed by atoms with van der Waals surface area (Å²) in [4.78, 5) is 11.2. The van der Waals surface area contributed by atoms with Gasteiger partial charge in [0.25, 0.3) is 0 Å². The van der Waals surface area contributed by atoms with Crippen molar-refractivity contribution >= 4 is 18.3 Å². The van der Waals surface area contributed by atoms with Gasteiger partial charge in [0.15, 0.2) is 11.6 Å². The van der Waals surface area contributed by atoms with E-state index in [1.807, 2.05) is 0 Å². The first kappa shape index (κ1) is 16.7. The Balaban J connectivity index is 0.00000289. The van der Waals surface area contributed by atoms with E-state index in [0.717, 1.165) is 0 Å². The maximum Gasteiger partial charge on any atom is 0.221 e. The topological polar surface area (TPSA) is 50.4 Å². The van der Waals surface area contributed by atoms with Crippen molar-refractivity contribution in [2.24, 2.45) is 0 Å². The lowest BCUT2D eigenvalue weighted by Crippen LogP contribution is -2.30. The maximum absolute atomic E-state index is 13.1. The molecule has 6 heteroatoms. The summed E-state index contributed by atoms with van der Waals surface area (Å²) in [6, 6.07) is 6.19. The second kappa shape index (κ2) is 9.67. The summed E-state index contributed by atoms with van der Waals surface area (Å²) in [7, 11) is 1.79. The zero-order valence-electron chi connectivity index (χ0n) is 10.2. The number of nitrogens with one attached hydrogen (secondary N) is 2. The Morgan fingerprint density at radius 1 is 1.33 bits per heavy atom. The summed E-state index contributed by atoms with van der Waals surface area (Å²) in [6.07, 6.45) is 0.427. The van der Waals surface area contributed by atoms with Crippen LogP contribution in [0.2, 0.25) is 0 Å². The number of hydrogen-bond donors (Lipinski definition) is 2. The molecule has 0 fully saturated rings. The van der Waals surface area contributed by atoms with Crippen LogP contribution in [-0.2, 0) is 4.79 Å². The fraction of sp³-hybridized carbons (Fsp3) is 0.417. The Kier molecular flexibility index (Phi) is 8.96. The van der Waals surface area contributed by atoms with E-state index >= 15 is 0 Å². The number of benzene rings is 1. The van der Waals surface area contributed by atoms with Gasteiger partial charge in [0.1, 0.15) is 6.61 Å². The SMILES string of the molecule is CNCCC(=O)NCCOc1ccccc1F.Cl. The molecule has 0 radical (unpaired) electrons. The van der Waals surface area contributed by atoms with Crippen molar-refractivity contribution in [2.45, 2.75) is 6.42 Å². The summed E-state index contributed by atoms with van der Waals surface area (Å²) in [6.45, 7) is 1.27. The molecule has 0 aliphatic heterocycles. The van der Waals surface area contributed by atoms with Crippen molar-refractivity contribution < 1.29 is 13.9 Å². The van der Waals surface area contributed by atoms with E-state index in [9.17, 15) is 9.18 Å². The predicted molar refractivity (Wildman–Crippen MR) is 70.7 cm³/mol. The van der Waals surface area contributed by atoms with E-state index in [2.05, 4.69) is 10.6 Å². The molecule has 0 aliphatic carbocycles. The Morgan fingerprint density at radius 2 is 2.06 bits per heavy atom. The summed E-state index contributed by atoms with van der Waals surface area (Å²) >= 11 is 0. The maximum atomic E-state index is 13.1. The van der Waals surface area contributed by atoms with Crippen molar-refractivity contribution in [3.05, 3.63) is 30.1 Å². The third-order valence-electron chi connectivity index (χ3n) is 2.12. The van der Waals surface area contributed by atoms with Gasteiger partial charge < -0.3 is 15.4 Å². The fourth-order valence-electron chi connectivity index (χ4n) is 1.24. The van der Waals surface area contributed by atoms with Crippen LogP contribution in [0.3, 0.4) is 0 Å². The van der Waals surface area contributed by atoms with Crippen molar-refractivity contribution in [1.29, 1.82) is 0 Å². The summed E-state index contributed by atoms with van der Waals surface area (Å²) < 4.78 is 18.3. The summed E-state index contributed by atoms with van der Waals surface area (Å²) in [5, 5.41) is 5.56. The van der Waals surface area contributed by atoms with Crippen molar-refractivity contribution in [1.82, 2.24) is 10.6 Å². The van der Waals surface area contributed by atoms with Gasteiger partial charge in [-0.1, -0.05) is 12.1 Å². The van der Waals surface area contributed by atoms with Crippen LogP contribution >= 0.6 is 12.4 Å². The van der Waals surface area contributed by atoms with Crippen LogP contribution < -0.4 is 15.4 Å². The van der Waals surface area contributed by atoms with E-state index < -0.39 is 5.82 Å². The van der Waals surface area contributed by atoms with Gasteiger partial charge in [-0.05, 0) is 19.2 Å². The molecular formula is C12H18ClFN2O2. The number of carbonyl (C=O) groups is 1. The van der Waals surface area contributed by atoms with Crippen molar-refractivity contribution in [3.63, 3.8) is 0 Å². The molecule has 0 aliphatic rings. The standard InChI is InChI=1S/C12H17FN2O2.ClH/c1-14-7-6-12(16)15-8-9-17-11-5-3-2-4-10(11)13;/h2-5,14H,6-9H2,1H3,(H,15,16);1H. The van der Waals surface area contributed by atoms with Crippen molar-refractivity contribution in [3.8, 4) is 5.75 Å². The highest BCUT2D eigenvalue weighted by Gasteiger charge is 2.02. The Morgan fingerprint density at radius 3 is 2.72 bits per heavy atom. The van der Waals surface area contributed by atoms with Gasteiger partial charge in [-0.15, -0.1) is 12.4 Å². The van der Waals surface area contributed by atoms with Crippen LogP contribution in [0.25, 0.3) is 0 Å². The van der Waals surface area contributed by atoms with Gasteiger partial charge >= 0.3 is 0 Å². The number of para-hydroxylation sites is 1. The first-order chi connectivity index (χ1) is 8.24. The highest BCUT2D eigenvalue weighted by molar-refractivity contribution is 5.85. The first-order valence-electron chi connectivity index (χ1n) is 5.52. The lowest BCUT2D eigenvalue weighted by atomic mass is 10.3. The molecule has 0 spiro atoms. The van der Waals surface area contributed by atoms with Gasteiger partial charge in [0, 0.05) is 13.0 Å². The fourth-order valence-corrected chi connectivity index (χ4v) is 1.24. The molecule has 1 aromatic carbocycles. The number of ether oxygens (including phenoxy) is 1. The van der Waals surface area contributed by atoms with Gasteiger partial charge in [-0.2, -0.15) is 0 Å². The molecule has 1 aromatic rings. The monoisotopic (exact) mass is 276 g/mol. The van der Waals surface area contributed by atoms with E-state index in [0.29, 0.717) is 19.5 Å². The molecule has 0 saturated heterocycles. The minimum absolute atomic E-state index is 0. The molecule has 0 heterocycles. The zero-order valence-corrected chi connectivity index (χ0v) is 11.1. The molecule has 2 N–H and O–H groups in total. The zero-order chi connectivity index (χ0) is 12.5. The van der Waals surface area contributed by atoms with Crippen LogP contribution in [0, 0.1) is 5.82 Å². The second-order valence-electron chi connectivity index (χ2n) is 3.48. The first-order valence-corrected chi connectivity index (χ1v) is 5.52. The largest absolute Gasteiger partial charge is 0.489 e. The molecular weight excluding hydrogens is 259 g/mol. The molecule has 102 valence electrons. The van der Waals surface area contributed by atoms with Crippen LogP contribution in [0.15, 0.2) is 24.3 Å². The van der Waals surface area contributed by atoms with Gasteiger partial charge in [-0.3, -0.25) is 4.79 Å².